The molecule has 1 aliphatic rings. The molecule has 0 bridgehead atoms. The second-order valence-corrected chi connectivity index (χ2v) is 7.64. The number of aromatic nitrogens is 2. The Morgan fingerprint density at radius 2 is 1.97 bits per heavy atom. The largest absolute Gasteiger partial charge is 0.367 e. The van der Waals surface area contributed by atoms with Crippen LogP contribution in [0.25, 0.3) is 16.8 Å². The van der Waals surface area contributed by atoms with E-state index >= 15 is 0 Å². The number of nitriles is 1. The van der Waals surface area contributed by atoms with Gasteiger partial charge in [0, 0.05) is 24.8 Å². The van der Waals surface area contributed by atoms with E-state index in [-0.39, 0.29) is 6.61 Å². The van der Waals surface area contributed by atoms with Crippen LogP contribution in [0.5, 0.6) is 0 Å². The summed E-state index contributed by atoms with van der Waals surface area (Å²) >= 11 is 0. The summed E-state index contributed by atoms with van der Waals surface area (Å²) in [7, 11) is 0. The highest BCUT2D eigenvalue weighted by Crippen LogP contribution is 2.30. The van der Waals surface area contributed by atoms with Gasteiger partial charge in [0.05, 0.1) is 23.7 Å². The van der Waals surface area contributed by atoms with Crippen molar-refractivity contribution in [2.45, 2.75) is 45.6 Å². The standard InChI is InChI=1S/C25H30N4O/c1-20(2)29(16-9-10-17-30-18-15-26)23-19-27-24(21-11-5-3-6-12-21)25(28-23)22-13-7-4-8-14-22/h4-5,7-8,11-14,19-20H,3,6,9-10,16-18H2,1-2H3. The molecular formula is C25H30N4O. The van der Waals surface area contributed by atoms with Crippen LogP contribution < -0.4 is 4.90 Å². The van der Waals surface area contributed by atoms with E-state index in [9.17, 15) is 0 Å². The molecule has 1 aromatic heterocycles. The molecule has 1 heterocycles. The summed E-state index contributed by atoms with van der Waals surface area (Å²) in [4.78, 5) is 12.2. The summed E-state index contributed by atoms with van der Waals surface area (Å²) in [6.07, 6.45) is 12.5. The molecule has 5 heteroatoms. The number of anilines is 1. The molecule has 0 N–H and O–H groups in total. The normalized spacial score (nSPS) is 13.2. The molecule has 0 spiro atoms. The zero-order chi connectivity index (χ0) is 21.2. The fraction of sp³-hybridized carbons (Fsp3) is 0.400. The van der Waals surface area contributed by atoms with Gasteiger partial charge in [-0.15, -0.1) is 0 Å². The van der Waals surface area contributed by atoms with Gasteiger partial charge in [-0.25, -0.2) is 4.98 Å². The van der Waals surface area contributed by atoms with Crippen LogP contribution in [-0.4, -0.2) is 35.8 Å². The third-order valence-corrected chi connectivity index (χ3v) is 5.10. The molecule has 2 aromatic rings. The quantitative estimate of drug-likeness (QED) is 0.497. The summed E-state index contributed by atoms with van der Waals surface area (Å²) in [5.74, 6) is 0.894. The van der Waals surface area contributed by atoms with Gasteiger partial charge in [0.1, 0.15) is 12.4 Å². The highest BCUT2D eigenvalue weighted by Gasteiger charge is 2.18. The first kappa shape index (κ1) is 21.7. The molecule has 0 unspecified atom stereocenters. The monoisotopic (exact) mass is 402 g/mol. The van der Waals surface area contributed by atoms with Gasteiger partial charge >= 0.3 is 0 Å². The molecule has 0 radical (unpaired) electrons. The number of unbranched alkanes of at least 4 members (excludes halogenated alkanes) is 1. The number of rotatable bonds is 10. The predicted molar refractivity (Wildman–Crippen MR) is 122 cm³/mol. The Morgan fingerprint density at radius 3 is 2.67 bits per heavy atom. The molecule has 30 heavy (non-hydrogen) atoms. The first-order valence-electron chi connectivity index (χ1n) is 10.7. The van der Waals surface area contributed by atoms with E-state index in [1.165, 1.54) is 0 Å². The van der Waals surface area contributed by atoms with Crippen LogP contribution in [0.3, 0.4) is 0 Å². The van der Waals surface area contributed by atoms with Crippen LogP contribution >= 0.6 is 0 Å². The van der Waals surface area contributed by atoms with Crippen LogP contribution in [0, 0.1) is 11.3 Å². The molecule has 1 aromatic carbocycles. The topological polar surface area (TPSA) is 62.0 Å². The van der Waals surface area contributed by atoms with E-state index in [1.54, 1.807) is 0 Å². The van der Waals surface area contributed by atoms with Crippen molar-refractivity contribution in [3.05, 3.63) is 60.5 Å². The second-order valence-electron chi connectivity index (χ2n) is 7.64. The maximum atomic E-state index is 8.56. The minimum atomic E-state index is 0.158. The second kappa shape index (κ2) is 11.3. The van der Waals surface area contributed by atoms with Gasteiger partial charge in [0.2, 0.25) is 0 Å². The molecule has 0 atom stereocenters. The highest BCUT2D eigenvalue weighted by atomic mass is 16.5. The van der Waals surface area contributed by atoms with Gasteiger partial charge in [0.15, 0.2) is 0 Å². The SMILES string of the molecule is CC(C)N(CCCCOCC#N)c1cnc(C2=CCCC=C2)c(-c2ccccc2)n1. The molecule has 1 aliphatic carbocycles. The van der Waals surface area contributed by atoms with Gasteiger partial charge < -0.3 is 9.64 Å². The maximum Gasteiger partial charge on any atom is 0.148 e. The summed E-state index contributed by atoms with van der Waals surface area (Å²) < 4.78 is 5.27. The third-order valence-electron chi connectivity index (χ3n) is 5.10. The average molecular weight is 403 g/mol. The van der Waals surface area contributed by atoms with E-state index < -0.39 is 0 Å². The van der Waals surface area contributed by atoms with Crippen molar-refractivity contribution in [3.63, 3.8) is 0 Å². The number of hydrogen-bond donors (Lipinski definition) is 0. The Morgan fingerprint density at radius 1 is 1.13 bits per heavy atom. The van der Waals surface area contributed by atoms with Crippen LogP contribution in [-0.2, 0) is 4.74 Å². The van der Waals surface area contributed by atoms with Crippen molar-refractivity contribution >= 4 is 11.4 Å². The van der Waals surface area contributed by atoms with Crippen molar-refractivity contribution in [2.75, 3.05) is 24.7 Å². The molecule has 0 fully saturated rings. The molecule has 3 rings (SSSR count). The fourth-order valence-corrected chi connectivity index (χ4v) is 3.56. The van der Waals surface area contributed by atoms with Crippen LogP contribution in [0.15, 0.2) is 54.8 Å². The van der Waals surface area contributed by atoms with Gasteiger partial charge in [-0.2, -0.15) is 5.26 Å². The van der Waals surface area contributed by atoms with Gasteiger partial charge in [-0.3, -0.25) is 4.98 Å². The predicted octanol–water partition coefficient (Wildman–Crippen LogP) is 5.41. The van der Waals surface area contributed by atoms with Gasteiger partial charge in [-0.05, 0) is 45.1 Å². The zero-order valence-electron chi connectivity index (χ0n) is 17.9. The molecule has 156 valence electrons. The van der Waals surface area contributed by atoms with Crippen molar-refractivity contribution in [1.29, 1.82) is 5.26 Å². The summed E-state index contributed by atoms with van der Waals surface area (Å²) in [6, 6.07) is 12.6. The fourth-order valence-electron chi connectivity index (χ4n) is 3.56. The maximum absolute atomic E-state index is 8.56. The lowest BCUT2D eigenvalue weighted by molar-refractivity contribution is 0.161. The molecule has 0 saturated heterocycles. The van der Waals surface area contributed by atoms with E-state index in [0.717, 1.165) is 60.6 Å². The Kier molecular flexibility index (Phi) is 8.17. The lowest BCUT2D eigenvalue weighted by Gasteiger charge is -2.28. The number of nitrogens with zero attached hydrogens (tertiary/aromatic N) is 4. The number of ether oxygens (including phenoxy) is 1. The highest BCUT2D eigenvalue weighted by molar-refractivity contribution is 5.82. The van der Waals surface area contributed by atoms with E-state index in [1.807, 2.05) is 30.5 Å². The van der Waals surface area contributed by atoms with Crippen LogP contribution in [0.4, 0.5) is 5.82 Å². The van der Waals surface area contributed by atoms with Crippen molar-refractivity contribution < 1.29 is 4.74 Å². The first-order valence-corrected chi connectivity index (χ1v) is 10.7. The summed E-state index contributed by atoms with van der Waals surface area (Å²) in [5.41, 5.74) is 4.09. The van der Waals surface area contributed by atoms with Crippen LogP contribution in [0.2, 0.25) is 0 Å². The minimum Gasteiger partial charge on any atom is -0.367 e. The number of benzene rings is 1. The zero-order valence-corrected chi connectivity index (χ0v) is 17.9. The molecule has 0 aliphatic heterocycles. The smallest absolute Gasteiger partial charge is 0.148 e. The number of allylic oxidation sites excluding steroid dienone is 4. The first-order chi connectivity index (χ1) is 14.7. The Bertz CT molecular complexity index is 912. The Labute approximate surface area is 179 Å². The summed E-state index contributed by atoms with van der Waals surface area (Å²) in [5, 5.41) is 8.56. The van der Waals surface area contributed by atoms with Crippen molar-refractivity contribution in [1.82, 2.24) is 9.97 Å². The molecule has 0 saturated carbocycles. The van der Waals surface area contributed by atoms with Crippen LogP contribution in [0.1, 0.15) is 45.2 Å². The Hall–Kier alpha value is -2.97. The van der Waals surface area contributed by atoms with Crippen molar-refractivity contribution in [3.8, 4) is 17.3 Å². The summed E-state index contributed by atoms with van der Waals surface area (Å²) in [6.45, 7) is 6.00. The molecular weight excluding hydrogens is 372 g/mol. The van der Waals surface area contributed by atoms with E-state index in [4.69, 9.17) is 20.0 Å². The molecule has 0 amide bonds. The lowest BCUT2D eigenvalue weighted by Crippen LogP contribution is -2.33. The third kappa shape index (κ3) is 5.77. The number of hydrogen-bond acceptors (Lipinski definition) is 5. The van der Waals surface area contributed by atoms with Gasteiger partial charge in [0.25, 0.3) is 0 Å². The van der Waals surface area contributed by atoms with Crippen molar-refractivity contribution in [2.24, 2.45) is 0 Å². The Balaban J connectivity index is 1.86. The average Bonchev–Trinajstić information content (AvgIpc) is 2.79. The molecule has 5 nitrogen and oxygen atoms in total. The minimum absolute atomic E-state index is 0.158. The van der Waals surface area contributed by atoms with E-state index in [2.05, 4.69) is 49.1 Å². The lowest BCUT2D eigenvalue weighted by atomic mass is 9.99. The van der Waals surface area contributed by atoms with E-state index in [0.29, 0.717) is 12.6 Å². The van der Waals surface area contributed by atoms with Gasteiger partial charge in [-0.1, -0.05) is 48.6 Å².